The van der Waals surface area contributed by atoms with Gasteiger partial charge in [-0.25, -0.2) is 0 Å². The summed E-state index contributed by atoms with van der Waals surface area (Å²) in [5, 5.41) is 4.63. The molecule has 10 rings (SSSR count). The maximum Gasteiger partial charge on any atom is 0.143 e. The van der Waals surface area contributed by atoms with Crippen molar-refractivity contribution in [2.45, 2.75) is 12.1 Å². The maximum absolute atomic E-state index is 7.06. The van der Waals surface area contributed by atoms with E-state index in [-0.39, 0.29) is 12.1 Å². The van der Waals surface area contributed by atoms with Crippen molar-refractivity contribution in [3.63, 3.8) is 0 Å². The van der Waals surface area contributed by atoms with Crippen LogP contribution in [0.5, 0.6) is 0 Å². The van der Waals surface area contributed by atoms with Crippen LogP contribution in [0.3, 0.4) is 0 Å². The topological polar surface area (TPSA) is 56.5 Å². The smallest absolute Gasteiger partial charge is 0.143 e. The van der Waals surface area contributed by atoms with E-state index >= 15 is 0 Å². The molecule has 0 bridgehead atoms. The van der Waals surface area contributed by atoms with E-state index < -0.39 is 0 Å². The zero-order valence-electron chi connectivity index (χ0n) is 30.1. The van der Waals surface area contributed by atoms with Crippen molar-refractivity contribution >= 4 is 50.0 Å². The Hall–Kier alpha value is -7.01. The monoisotopic (exact) mass is 707 g/mol. The number of aromatic nitrogens is 1. The molecule has 0 aliphatic carbocycles. The highest BCUT2D eigenvalue weighted by Crippen LogP contribution is 2.42. The lowest BCUT2D eigenvalue weighted by atomic mass is 9.94. The SMILES string of the molecule is N[C@@H](c1ccc(-n2c3ccccc3c3ccc(-c4cccc5c4oc4c(-c6ccccc6)cccc45)cc32)cc1)C(N=Cc1ccccc1)c1ccccc1. The molecule has 2 aromatic heterocycles. The van der Waals surface area contributed by atoms with Gasteiger partial charge in [-0.15, -0.1) is 0 Å². The van der Waals surface area contributed by atoms with Crippen LogP contribution in [0.1, 0.15) is 28.8 Å². The van der Waals surface area contributed by atoms with E-state index in [0.29, 0.717) is 0 Å². The van der Waals surface area contributed by atoms with Crippen LogP contribution < -0.4 is 5.73 Å². The van der Waals surface area contributed by atoms with Crippen LogP contribution in [-0.2, 0) is 0 Å². The van der Waals surface area contributed by atoms with Gasteiger partial charge in [-0.3, -0.25) is 4.99 Å². The largest absolute Gasteiger partial charge is 0.455 e. The average Bonchev–Trinajstić information content (AvgIpc) is 3.80. The molecule has 2 N–H and O–H groups in total. The van der Waals surface area contributed by atoms with Crippen LogP contribution >= 0.6 is 0 Å². The predicted octanol–water partition coefficient (Wildman–Crippen LogP) is 12.9. The first-order valence-corrected chi connectivity index (χ1v) is 18.7. The van der Waals surface area contributed by atoms with E-state index in [1.807, 2.05) is 48.7 Å². The van der Waals surface area contributed by atoms with E-state index in [1.165, 1.54) is 10.8 Å². The summed E-state index contributed by atoms with van der Waals surface area (Å²) in [5.41, 5.74) is 19.8. The molecular formula is C51H37N3O. The molecule has 262 valence electrons. The van der Waals surface area contributed by atoms with Crippen molar-refractivity contribution in [1.29, 1.82) is 0 Å². The number of fused-ring (bicyclic) bond motifs is 6. The number of aliphatic imine (C=N–C) groups is 1. The number of hydrogen-bond acceptors (Lipinski definition) is 3. The summed E-state index contributed by atoms with van der Waals surface area (Å²) >= 11 is 0. The molecule has 2 atom stereocenters. The Labute approximate surface area is 319 Å². The van der Waals surface area contributed by atoms with E-state index in [2.05, 4.69) is 156 Å². The summed E-state index contributed by atoms with van der Waals surface area (Å²) < 4.78 is 9.17. The maximum atomic E-state index is 7.06. The summed E-state index contributed by atoms with van der Waals surface area (Å²) in [5.74, 6) is 0. The van der Waals surface area contributed by atoms with Crippen LogP contribution in [-0.4, -0.2) is 10.8 Å². The summed E-state index contributed by atoms with van der Waals surface area (Å²) in [6.07, 6.45) is 1.93. The summed E-state index contributed by atoms with van der Waals surface area (Å²) in [6, 6.07) is 67.3. The van der Waals surface area contributed by atoms with Crippen molar-refractivity contribution < 1.29 is 4.42 Å². The quantitative estimate of drug-likeness (QED) is 0.160. The molecule has 0 saturated carbocycles. The van der Waals surface area contributed by atoms with Crippen molar-refractivity contribution in [1.82, 2.24) is 4.57 Å². The lowest BCUT2D eigenvalue weighted by molar-refractivity contribution is 0.579. The van der Waals surface area contributed by atoms with Gasteiger partial charge in [-0.1, -0.05) is 170 Å². The summed E-state index contributed by atoms with van der Waals surface area (Å²) in [7, 11) is 0. The van der Waals surface area contributed by atoms with Gasteiger partial charge >= 0.3 is 0 Å². The fourth-order valence-electron chi connectivity index (χ4n) is 8.08. The number of benzene rings is 8. The molecule has 0 spiro atoms. The minimum absolute atomic E-state index is 0.243. The molecule has 8 aromatic carbocycles. The Morgan fingerprint density at radius 3 is 1.76 bits per heavy atom. The third-order valence-corrected chi connectivity index (χ3v) is 10.8. The Morgan fingerprint density at radius 2 is 1.05 bits per heavy atom. The van der Waals surface area contributed by atoms with Gasteiger partial charge in [0.25, 0.3) is 0 Å². The highest BCUT2D eigenvalue weighted by atomic mass is 16.3. The molecule has 0 aliphatic heterocycles. The molecule has 0 fully saturated rings. The van der Waals surface area contributed by atoms with E-state index in [4.69, 9.17) is 15.1 Å². The number of nitrogens with zero attached hydrogens (tertiary/aromatic N) is 2. The molecule has 4 nitrogen and oxygen atoms in total. The lowest BCUT2D eigenvalue weighted by Gasteiger charge is -2.22. The third kappa shape index (κ3) is 5.81. The standard InChI is InChI=1S/C51H37N3O/c52-48(49(37-18-8-3-9-19-37)53-33-34-14-4-1-5-15-34)36-26-29-39(30-27-36)54-46-25-11-10-20-42(46)43-31-28-38(32-47(43)54)41-22-13-24-45-44-23-12-21-40(50(44)55-51(41)45)35-16-6-2-7-17-35/h1-33,48-49H,52H2/t48-,49?/m0/s1. The Kier molecular flexibility index (Phi) is 8.16. The highest BCUT2D eigenvalue weighted by Gasteiger charge is 2.22. The van der Waals surface area contributed by atoms with Gasteiger partial charge in [0.15, 0.2) is 0 Å². The van der Waals surface area contributed by atoms with E-state index in [9.17, 15) is 0 Å². The van der Waals surface area contributed by atoms with Gasteiger partial charge in [0.2, 0.25) is 0 Å². The molecular weight excluding hydrogens is 671 g/mol. The molecule has 4 heteroatoms. The Morgan fingerprint density at radius 1 is 0.473 bits per heavy atom. The van der Waals surface area contributed by atoms with E-state index in [1.54, 1.807) is 0 Å². The number of hydrogen-bond donors (Lipinski definition) is 1. The van der Waals surface area contributed by atoms with Crippen molar-refractivity contribution in [3.05, 3.63) is 211 Å². The van der Waals surface area contributed by atoms with Crippen molar-refractivity contribution in [2.75, 3.05) is 0 Å². The molecule has 0 amide bonds. The molecule has 0 aliphatic rings. The molecule has 10 aromatic rings. The van der Waals surface area contributed by atoms with Crippen molar-refractivity contribution in [2.24, 2.45) is 10.7 Å². The first-order valence-electron chi connectivity index (χ1n) is 18.7. The third-order valence-electron chi connectivity index (χ3n) is 10.8. The normalized spacial score (nSPS) is 13.0. The second-order valence-electron chi connectivity index (χ2n) is 14.1. The van der Waals surface area contributed by atoms with Gasteiger partial charge < -0.3 is 14.7 Å². The van der Waals surface area contributed by atoms with Crippen LogP contribution in [0.4, 0.5) is 0 Å². The zero-order valence-corrected chi connectivity index (χ0v) is 30.1. The minimum Gasteiger partial charge on any atom is -0.455 e. The Balaban J connectivity index is 1.07. The molecule has 2 heterocycles. The number of para-hydroxylation sites is 3. The zero-order chi connectivity index (χ0) is 36.7. The summed E-state index contributed by atoms with van der Waals surface area (Å²) in [6.45, 7) is 0. The van der Waals surface area contributed by atoms with Gasteiger partial charge in [0, 0.05) is 44.6 Å². The number of nitrogens with two attached hydrogens (primary N) is 1. The molecule has 0 radical (unpaired) electrons. The fourth-order valence-corrected chi connectivity index (χ4v) is 8.08. The van der Waals surface area contributed by atoms with Crippen molar-refractivity contribution in [3.8, 4) is 27.9 Å². The minimum atomic E-state index is -0.340. The molecule has 1 unspecified atom stereocenters. The first-order chi connectivity index (χ1) is 27.2. The van der Waals surface area contributed by atoms with Gasteiger partial charge in [0.05, 0.1) is 23.1 Å². The highest BCUT2D eigenvalue weighted by molar-refractivity contribution is 6.14. The summed E-state index contributed by atoms with van der Waals surface area (Å²) in [4.78, 5) is 5.03. The van der Waals surface area contributed by atoms with Crippen LogP contribution in [0.2, 0.25) is 0 Å². The average molecular weight is 708 g/mol. The Bertz CT molecular complexity index is 2980. The fraction of sp³-hybridized carbons (Fsp3) is 0.0392. The number of furan rings is 1. The first kappa shape index (κ1) is 32.6. The van der Waals surface area contributed by atoms with Gasteiger partial charge in [-0.05, 0) is 52.1 Å². The van der Waals surface area contributed by atoms with Crippen LogP contribution in [0.15, 0.2) is 204 Å². The predicted molar refractivity (Wildman–Crippen MR) is 229 cm³/mol. The molecule has 55 heavy (non-hydrogen) atoms. The van der Waals surface area contributed by atoms with Gasteiger partial charge in [0.1, 0.15) is 11.2 Å². The lowest BCUT2D eigenvalue weighted by Crippen LogP contribution is -2.19. The van der Waals surface area contributed by atoms with Crippen LogP contribution in [0.25, 0.3) is 71.7 Å². The number of rotatable bonds is 8. The second-order valence-corrected chi connectivity index (χ2v) is 14.1. The van der Waals surface area contributed by atoms with Gasteiger partial charge in [-0.2, -0.15) is 0 Å². The second kappa shape index (κ2) is 13.8. The molecule has 0 saturated heterocycles. The van der Waals surface area contributed by atoms with Crippen LogP contribution in [0, 0.1) is 0 Å². The van der Waals surface area contributed by atoms with E-state index in [0.717, 1.165) is 77.6 Å².